The number of rotatable bonds is 26. The van der Waals surface area contributed by atoms with E-state index in [1.54, 1.807) is 0 Å². The lowest BCUT2D eigenvalue weighted by molar-refractivity contribution is -0.140. The third-order valence-electron chi connectivity index (χ3n) is 6.63. The highest BCUT2D eigenvalue weighted by Gasteiger charge is 2.06. The molecule has 0 atom stereocenters. The molecule has 0 aromatic heterocycles. The summed E-state index contributed by atoms with van der Waals surface area (Å²) < 4.78 is 4.65. The molecule has 0 fully saturated rings. The van der Waals surface area contributed by atoms with Gasteiger partial charge in [-0.1, -0.05) is 77.4 Å². The van der Waals surface area contributed by atoms with Crippen LogP contribution in [0.5, 0.6) is 0 Å². The Balaban J connectivity index is 3.30. The van der Waals surface area contributed by atoms with Crippen molar-refractivity contribution in [1.29, 1.82) is 0 Å². The van der Waals surface area contributed by atoms with Gasteiger partial charge in [0, 0.05) is 32.1 Å². The number of methoxy groups -OCH3 is 1. The summed E-state index contributed by atoms with van der Waals surface area (Å²) in [7, 11) is 1.45. The number of allylic oxidation sites excluding steroid dienone is 2. The molecule has 0 aliphatic carbocycles. The molecule has 0 saturated carbocycles. The van der Waals surface area contributed by atoms with Crippen molar-refractivity contribution >= 4 is 17.5 Å². The van der Waals surface area contributed by atoms with Crippen LogP contribution in [0, 0.1) is 5.92 Å². The second-order valence-electron chi connectivity index (χ2n) is 10.6. The summed E-state index contributed by atoms with van der Waals surface area (Å²) in [5.41, 5.74) is 0. The summed E-state index contributed by atoms with van der Waals surface area (Å²) in [6, 6.07) is 0. The van der Waals surface area contributed by atoms with Gasteiger partial charge in [-0.2, -0.15) is 0 Å². The van der Waals surface area contributed by atoms with Crippen LogP contribution in [-0.2, 0) is 19.1 Å². The Labute approximate surface area is 217 Å². The number of ether oxygens (including phenoxy) is 1. The average Bonchev–Trinajstić information content (AvgIpc) is 2.84. The molecule has 0 bridgehead atoms. The Bertz CT molecular complexity index is 550. The van der Waals surface area contributed by atoms with E-state index in [0.717, 1.165) is 51.4 Å². The van der Waals surface area contributed by atoms with E-state index in [0.29, 0.717) is 43.2 Å². The van der Waals surface area contributed by atoms with Crippen molar-refractivity contribution in [1.82, 2.24) is 0 Å². The molecule has 0 N–H and O–H groups in total. The number of esters is 1. The number of Topliss-reactive ketones (excluding diaryl/α,β-unsaturated/α-hetero) is 2. The Hall–Kier alpha value is -1.45. The lowest BCUT2D eigenvalue weighted by Crippen LogP contribution is -2.02. The molecule has 0 aliphatic heterocycles. The quantitative estimate of drug-likeness (QED) is 0.0686. The van der Waals surface area contributed by atoms with Crippen LogP contribution in [0.15, 0.2) is 12.2 Å². The van der Waals surface area contributed by atoms with Gasteiger partial charge in [-0.05, 0) is 63.7 Å². The summed E-state index contributed by atoms with van der Waals surface area (Å²) >= 11 is 0. The third-order valence-corrected chi connectivity index (χ3v) is 6.63. The summed E-state index contributed by atoms with van der Waals surface area (Å²) in [5.74, 6) is 1.24. The monoisotopic (exact) mass is 492 g/mol. The number of hydrogen-bond donors (Lipinski definition) is 0. The molecule has 4 heteroatoms. The standard InChI is InChI=1S/C31H56O4/c1-28(2)26-27-30(33)24-21-20-23-29(32)22-18-16-14-12-10-8-6-4-5-7-9-11-13-15-17-19-25-31(34)35-3/h4-5,28H,6-27H2,1-3H3/b5-4-. The Morgan fingerprint density at radius 3 is 1.37 bits per heavy atom. The maximum Gasteiger partial charge on any atom is 0.305 e. The molecule has 0 amide bonds. The van der Waals surface area contributed by atoms with Gasteiger partial charge in [-0.15, -0.1) is 0 Å². The predicted molar refractivity (Wildman–Crippen MR) is 148 cm³/mol. The van der Waals surface area contributed by atoms with E-state index >= 15 is 0 Å². The minimum Gasteiger partial charge on any atom is -0.469 e. The highest BCUT2D eigenvalue weighted by Crippen LogP contribution is 2.13. The lowest BCUT2D eigenvalue weighted by Gasteiger charge is -2.04. The maximum absolute atomic E-state index is 12.0. The van der Waals surface area contributed by atoms with Gasteiger partial charge in [0.25, 0.3) is 0 Å². The van der Waals surface area contributed by atoms with Crippen molar-refractivity contribution in [2.45, 2.75) is 155 Å². The molecule has 0 rings (SSSR count). The predicted octanol–water partition coefficient (Wildman–Crippen LogP) is 9.09. The van der Waals surface area contributed by atoms with Crippen molar-refractivity contribution in [2.24, 2.45) is 5.92 Å². The van der Waals surface area contributed by atoms with Crippen molar-refractivity contribution in [3.63, 3.8) is 0 Å². The van der Waals surface area contributed by atoms with E-state index in [9.17, 15) is 14.4 Å². The van der Waals surface area contributed by atoms with E-state index in [-0.39, 0.29) is 5.97 Å². The summed E-state index contributed by atoms with van der Waals surface area (Å²) in [5, 5.41) is 0. The van der Waals surface area contributed by atoms with E-state index in [1.165, 1.54) is 71.3 Å². The minimum atomic E-state index is -0.0908. The van der Waals surface area contributed by atoms with Gasteiger partial charge < -0.3 is 4.74 Å². The van der Waals surface area contributed by atoms with Gasteiger partial charge in [0.05, 0.1) is 7.11 Å². The van der Waals surface area contributed by atoms with Gasteiger partial charge in [0.15, 0.2) is 0 Å². The molecule has 4 nitrogen and oxygen atoms in total. The Morgan fingerprint density at radius 1 is 0.543 bits per heavy atom. The molecule has 0 unspecified atom stereocenters. The fourth-order valence-corrected chi connectivity index (χ4v) is 4.21. The van der Waals surface area contributed by atoms with Crippen LogP contribution >= 0.6 is 0 Å². The molecule has 0 aliphatic rings. The number of carbonyl (C=O) groups excluding carboxylic acids is 3. The van der Waals surface area contributed by atoms with Crippen LogP contribution in [0.1, 0.15) is 155 Å². The normalized spacial score (nSPS) is 11.4. The number of hydrogen-bond acceptors (Lipinski definition) is 4. The zero-order chi connectivity index (χ0) is 26.0. The molecule has 35 heavy (non-hydrogen) atoms. The van der Waals surface area contributed by atoms with Gasteiger partial charge in [0.1, 0.15) is 11.6 Å². The first-order chi connectivity index (χ1) is 17.0. The smallest absolute Gasteiger partial charge is 0.305 e. The van der Waals surface area contributed by atoms with Crippen molar-refractivity contribution in [3.05, 3.63) is 12.2 Å². The fourth-order valence-electron chi connectivity index (χ4n) is 4.21. The van der Waals surface area contributed by atoms with Crippen molar-refractivity contribution < 1.29 is 19.1 Å². The first kappa shape index (κ1) is 33.5. The molecule has 0 saturated heterocycles. The average molecular weight is 493 g/mol. The number of unbranched alkanes of at least 4 members (excludes halogenated alkanes) is 13. The summed E-state index contributed by atoms with van der Waals surface area (Å²) in [6.07, 6.45) is 27.4. The van der Waals surface area contributed by atoms with Gasteiger partial charge in [0.2, 0.25) is 0 Å². The Kier molecular flexibility index (Phi) is 24.6. The third kappa shape index (κ3) is 27.0. The SMILES string of the molecule is COC(=O)CCCCCCCC/C=C\CCCCCCCCC(=O)CCCCC(=O)CCC(C)C. The second kappa shape index (κ2) is 25.6. The van der Waals surface area contributed by atoms with Crippen LogP contribution in [0.4, 0.5) is 0 Å². The van der Waals surface area contributed by atoms with E-state index < -0.39 is 0 Å². The largest absolute Gasteiger partial charge is 0.469 e. The molecule has 0 heterocycles. The van der Waals surface area contributed by atoms with Crippen LogP contribution in [-0.4, -0.2) is 24.6 Å². The van der Waals surface area contributed by atoms with Crippen LogP contribution < -0.4 is 0 Å². The first-order valence-electron chi connectivity index (χ1n) is 14.7. The van der Waals surface area contributed by atoms with Gasteiger partial charge >= 0.3 is 5.97 Å². The zero-order valence-electron chi connectivity index (χ0n) is 23.4. The van der Waals surface area contributed by atoms with Gasteiger partial charge in [-0.3, -0.25) is 14.4 Å². The highest BCUT2D eigenvalue weighted by molar-refractivity contribution is 5.79. The molecular weight excluding hydrogens is 436 g/mol. The van der Waals surface area contributed by atoms with E-state index in [4.69, 9.17) is 0 Å². The molecule has 204 valence electrons. The van der Waals surface area contributed by atoms with E-state index in [1.807, 2.05) is 0 Å². The molecule has 0 aromatic rings. The molecular formula is C31H56O4. The fraction of sp³-hybridized carbons (Fsp3) is 0.839. The maximum atomic E-state index is 12.0. The van der Waals surface area contributed by atoms with Crippen LogP contribution in [0.3, 0.4) is 0 Å². The van der Waals surface area contributed by atoms with Crippen LogP contribution in [0.25, 0.3) is 0 Å². The molecule has 0 radical (unpaired) electrons. The number of carbonyl (C=O) groups is 3. The van der Waals surface area contributed by atoms with Crippen LogP contribution in [0.2, 0.25) is 0 Å². The lowest BCUT2D eigenvalue weighted by atomic mass is 10.0. The van der Waals surface area contributed by atoms with Gasteiger partial charge in [-0.25, -0.2) is 0 Å². The Morgan fingerprint density at radius 2 is 0.914 bits per heavy atom. The first-order valence-corrected chi connectivity index (χ1v) is 14.7. The van der Waals surface area contributed by atoms with Crippen molar-refractivity contribution in [3.8, 4) is 0 Å². The highest BCUT2D eigenvalue weighted by atomic mass is 16.5. The minimum absolute atomic E-state index is 0.0908. The zero-order valence-corrected chi connectivity index (χ0v) is 23.4. The molecule has 0 spiro atoms. The second-order valence-corrected chi connectivity index (χ2v) is 10.6. The summed E-state index contributed by atoms with van der Waals surface area (Å²) in [4.78, 5) is 34.8. The van der Waals surface area contributed by atoms with Crippen molar-refractivity contribution in [2.75, 3.05) is 7.11 Å². The topological polar surface area (TPSA) is 60.4 Å². The molecule has 0 aromatic carbocycles. The van der Waals surface area contributed by atoms with E-state index in [2.05, 4.69) is 30.7 Å². The number of ketones is 2. The summed E-state index contributed by atoms with van der Waals surface area (Å²) in [6.45, 7) is 4.30.